The summed E-state index contributed by atoms with van der Waals surface area (Å²) < 4.78 is 6.06. The molecule has 0 saturated heterocycles. The van der Waals surface area contributed by atoms with E-state index in [1.54, 1.807) is 12.1 Å². The van der Waals surface area contributed by atoms with Gasteiger partial charge in [-0.25, -0.2) is 9.48 Å². The van der Waals surface area contributed by atoms with E-state index in [9.17, 15) is 9.59 Å². The second-order valence-corrected chi connectivity index (χ2v) is 5.59. The van der Waals surface area contributed by atoms with Crippen LogP contribution in [0.4, 0.5) is 5.69 Å². The molecule has 0 atom stereocenters. The number of carbonyl (C=O) groups excluding carboxylic acids is 2. The van der Waals surface area contributed by atoms with E-state index < -0.39 is 5.97 Å². The second-order valence-electron chi connectivity index (χ2n) is 5.59. The maximum Gasteiger partial charge on any atom is 0.360 e. The first-order chi connectivity index (χ1) is 12.7. The van der Waals surface area contributed by atoms with Crippen molar-refractivity contribution in [1.82, 2.24) is 15.0 Å². The van der Waals surface area contributed by atoms with Gasteiger partial charge in [-0.15, -0.1) is 5.10 Å². The zero-order chi connectivity index (χ0) is 18.4. The lowest BCUT2D eigenvalue weighted by atomic mass is 10.1. The van der Waals surface area contributed by atoms with Crippen LogP contribution in [-0.2, 0) is 16.0 Å². The van der Waals surface area contributed by atoms with Crippen molar-refractivity contribution in [2.75, 3.05) is 12.4 Å². The number of benzene rings is 2. The van der Waals surface area contributed by atoms with Gasteiger partial charge < -0.3 is 10.1 Å². The SMILES string of the molecule is COC(=O)c1cn(-c2ccccc2NC(=O)CCc2ccccc2)nn1. The summed E-state index contributed by atoms with van der Waals surface area (Å²) in [5.74, 6) is -0.671. The maximum atomic E-state index is 12.3. The first kappa shape index (κ1) is 17.3. The molecule has 0 aliphatic carbocycles. The number of aromatic nitrogens is 3. The molecule has 0 saturated carbocycles. The molecule has 1 amide bonds. The molecule has 0 spiro atoms. The minimum atomic E-state index is -0.569. The van der Waals surface area contributed by atoms with Crippen LogP contribution in [0.2, 0.25) is 0 Å². The molecule has 3 aromatic rings. The first-order valence-corrected chi connectivity index (χ1v) is 8.11. The summed E-state index contributed by atoms with van der Waals surface area (Å²) in [6.07, 6.45) is 2.48. The molecular weight excluding hydrogens is 332 g/mol. The number of aryl methyl sites for hydroxylation is 1. The monoisotopic (exact) mass is 350 g/mol. The average Bonchev–Trinajstić information content (AvgIpc) is 3.17. The van der Waals surface area contributed by atoms with Crippen molar-refractivity contribution in [3.05, 3.63) is 72.1 Å². The molecule has 0 unspecified atom stereocenters. The van der Waals surface area contributed by atoms with Crippen LogP contribution in [-0.4, -0.2) is 34.0 Å². The Morgan fingerprint density at radius 1 is 1.08 bits per heavy atom. The predicted octanol–water partition coefficient (Wildman–Crippen LogP) is 2.63. The number of hydrogen-bond acceptors (Lipinski definition) is 5. The van der Waals surface area contributed by atoms with Crippen molar-refractivity contribution in [3.63, 3.8) is 0 Å². The molecule has 1 N–H and O–H groups in total. The summed E-state index contributed by atoms with van der Waals surface area (Å²) >= 11 is 0. The van der Waals surface area contributed by atoms with E-state index in [1.807, 2.05) is 42.5 Å². The molecule has 1 heterocycles. The molecular formula is C19H18N4O3. The van der Waals surface area contributed by atoms with E-state index in [0.717, 1.165) is 5.56 Å². The Morgan fingerprint density at radius 3 is 2.58 bits per heavy atom. The van der Waals surface area contributed by atoms with Crippen molar-refractivity contribution < 1.29 is 14.3 Å². The topological polar surface area (TPSA) is 86.1 Å². The highest BCUT2D eigenvalue weighted by Crippen LogP contribution is 2.20. The minimum Gasteiger partial charge on any atom is -0.464 e. The van der Waals surface area contributed by atoms with Gasteiger partial charge in [0.1, 0.15) is 0 Å². The molecule has 1 aromatic heterocycles. The summed E-state index contributed by atoms with van der Waals surface area (Å²) in [6, 6.07) is 17.0. The fraction of sp³-hybridized carbons (Fsp3) is 0.158. The van der Waals surface area contributed by atoms with Crippen LogP contribution >= 0.6 is 0 Å². The van der Waals surface area contributed by atoms with Crippen molar-refractivity contribution in [3.8, 4) is 5.69 Å². The van der Waals surface area contributed by atoms with Crippen LogP contribution < -0.4 is 5.32 Å². The van der Waals surface area contributed by atoms with E-state index >= 15 is 0 Å². The van der Waals surface area contributed by atoms with Crippen LogP contribution in [0.15, 0.2) is 60.8 Å². The van der Waals surface area contributed by atoms with E-state index in [4.69, 9.17) is 0 Å². The van der Waals surface area contributed by atoms with Gasteiger partial charge in [0, 0.05) is 6.42 Å². The molecule has 7 nitrogen and oxygen atoms in total. The summed E-state index contributed by atoms with van der Waals surface area (Å²) in [7, 11) is 1.28. The lowest BCUT2D eigenvalue weighted by Crippen LogP contribution is -2.14. The lowest BCUT2D eigenvalue weighted by molar-refractivity contribution is -0.116. The number of esters is 1. The zero-order valence-electron chi connectivity index (χ0n) is 14.3. The third-order valence-electron chi connectivity index (χ3n) is 3.80. The summed E-state index contributed by atoms with van der Waals surface area (Å²) in [6.45, 7) is 0. The number of para-hydroxylation sites is 2. The van der Waals surface area contributed by atoms with Crippen LogP contribution in [0, 0.1) is 0 Å². The van der Waals surface area contributed by atoms with Crippen LogP contribution in [0.1, 0.15) is 22.5 Å². The van der Waals surface area contributed by atoms with Gasteiger partial charge in [-0.2, -0.15) is 0 Å². The number of anilines is 1. The van der Waals surface area contributed by atoms with Crippen LogP contribution in [0.5, 0.6) is 0 Å². The van der Waals surface area contributed by atoms with Gasteiger partial charge >= 0.3 is 5.97 Å². The molecule has 0 aliphatic rings. The minimum absolute atomic E-state index is 0.0951. The number of ether oxygens (including phenoxy) is 1. The largest absolute Gasteiger partial charge is 0.464 e. The Labute approximate surface area is 150 Å². The number of carbonyl (C=O) groups is 2. The third kappa shape index (κ3) is 4.13. The molecule has 26 heavy (non-hydrogen) atoms. The molecule has 0 bridgehead atoms. The van der Waals surface area contributed by atoms with Crippen molar-refractivity contribution in [2.24, 2.45) is 0 Å². The number of rotatable bonds is 6. The zero-order valence-corrected chi connectivity index (χ0v) is 14.3. The number of amides is 1. The quantitative estimate of drug-likeness (QED) is 0.691. The Kier molecular flexibility index (Phi) is 5.38. The van der Waals surface area contributed by atoms with Crippen molar-refractivity contribution >= 4 is 17.6 Å². The van der Waals surface area contributed by atoms with Gasteiger partial charge in [0.2, 0.25) is 5.91 Å². The lowest BCUT2D eigenvalue weighted by Gasteiger charge is -2.10. The van der Waals surface area contributed by atoms with Gasteiger partial charge in [0.25, 0.3) is 0 Å². The standard InChI is InChI=1S/C19H18N4O3/c1-26-19(25)16-13-23(22-21-16)17-10-6-5-9-15(17)20-18(24)12-11-14-7-3-2-4-8-14/h2-10,13H,11-12H2,1H3,(H,20,24). The van der Waals surface area contributed by atoms with E-state index in [0.29, 0.717) is 24.2 Å². The summed E-state index contributed by atoms with van der Waals surface area (Å²) in [5.41, 5.74) is 2.41. The maximum absolute atomic E-state index is 12.3. The molecule has 7 heteroatoms. The van der Waals surface area contributed by atoms with Crippen LogP contribution in [0.25, 0.3) is 5.69 Å². The van der Waals surface area contributed by atoms with E-state index in [-0.39, 0.29) is 11.6 Å². The Balaban J connectivity index is 1.72. The third-order valence-corrected chi connectivity index (χ3v) is 3.80. The molecule has 2 aromatic carbocycles. The fourth-order valence-electron chi connectivity index (χ4n) is 2.47. The average molecular weight is 350 g/mol. The summed E-state index contributed by atoms with van der Waals surface area (Å²) in [5, 5.41) is 10.6. The number of nitrogens with one attached hydrogen (secondary N) is 1. The molecule has 0 radical (unpaired) electrons. The Bertz CT molecular complexity index is 906. The molecule has 0 fully saturated rings. The van der Waals surface area contributed by atoms with Gasteiger partial charge in [-0.3, -0.25) is 4.79 Å². The van der Waals surface area contributed by atoms with Crippen LogP contribution in [0.3, 0.4) is 0 Å². The summed E-state index contributed by atoms with van der Waals surface area (Å²) in [4.78, 5) is 23.8. The number of hydrogen-bond donors (Lipinski definition) is 1. The van der Waals surface area contributed by atoms with Gasteiger partial charge in [0.05, 0.1) is 24.7 Å². The van der Waals surface area contributed by atoms with E-state index in [2.05, 4.69) is 20.4 Å². The molecule has 0 aliphatic heterocycles. The second kappa shape index (κ2) is 8.06. The van der Waals surface area contributed by atoms with Gasteiger partial charge in [-0.05, 0) is 24.1 Å². The fourth-order valence-corrected chi connectivity index (χ4v) is 2.47. The normalized spacial score (nSPS) is 10.3. The van der Waals surface area contributed by atoms with Crippen molar-refractivity contribution in [2.45, 2.75) is 12.8 Å². The Morgan fingerprint density at radius 2 is 1.81 bits per heavy atom. The highest BCUT2D eigenvalue weighted by atomic mass is 16.5. The predicted molar refractivity (Wildman–Crippen MR) is 96.1 cm³/mol. The molecule has 3 rings (SSSR count). The number of nitrogens with zero attached hydrogens (tertiary/aromatic N) is 3. The molecule has 132 valence electrons. The van der Waals surface area contributed by atoms with Gasteiger partial charge in [-0.1, -0.05) is 47.7 Å². The van der Waals surface area contributed by atoms with Crippen molar-refractivity contribution in [1.29, 1.82) is 0 Å². The number of methoxy groups -OCH3 is 1. The van der Waals surface area contributed by atoms with Gasteiger partial charge in [0.15, 0.2) is 5.69 Å². The highest BCUT2D eigenvalue weighted by Gasteiger charge is 2.14. The first-order valence-electron chi connectivity index (χ1n) is 8.11. The van der Waals surface area contributed by atoms with E-state index in [1.165, 1.54) is 18.0 Å². The smallest absolute Gasteiger partial charge is 0.360 e. The Hall–Kier alpha value is -3.48. The highest BCUT2D eigenvalue weighted by molar-refractivity contribution is 5.93.